The van der Waals surface area contributed by atoms with Gasteiger partial charge in [-0.3, -0.25) is 4.90 Å². The molecule has 5 heteroatoms. The molecule has 1 unspecified atom stereocenters. The molecule has 0 radical (unpaired) electrons. The quantitative estimate of drug-likeness (QED) is 0.804. The molecule has 2 heterocycles. The standard InChI is InChI=1S/C10H16N4O/c1-7-11-10(15-13-7)12-8-4-5-14(6-8)9-2-3-9/h8-9H,2-6H2,1H3,(H,11,12,13). The zero-order valence-corrected chi connectivity index (χ0v) is 8.94. The molecule has 1 saturated carbocycles. The van der Waals surface area contributed by atoms with Crippen molar-refractivity contribution in [1.29, 1.82) is 0 Å². The van der Waals surface area contributed by atoms with Crippen molar-refractivity contribution >= 4 is 6.01 Å². The van der Waals surface area contributed by atoms with Gasteiger partial charge >= 0.3 is 6.01 Å². The fraction of sp³-hybridized carbons (Fsp3) is 0.800. The fourth-order valence-electron chi connectivity index (χ4n) is 2.21. The van der Waals surface area contributed by atoms with E-state index in [9.17, 15) is 0 Å². The molecule has 82 valence electrons. The molecule has 1 atom stereocenters. The van der Waals surface area contributed by atoms with Gasteiger partial charge in [0, 0.05) is 25.2 Å². The van der Waals surface area contributed by atoms with E-state index in [-0.39, 0.29) is 0 Å². The number of rotatable bonds is 3. The molecule has 0 amide bonds. The Labute approximate surface area is 88.8 Å². The van der Waals surface area contributed by atoms with E-state index < -0.39 is 0 Å². The number of aromatic nitrogens is 2. The highest BCUT2D eigenvalue weighted by molar-refractivity contribution is 5.21. The first-order valence-electron chi connectivity index (χ1n) is 5.62. The van der Waals surface area contributed by atoms with Crippen molar-refractivity contribution in [3.63, 3.8) is 0 Å². The lowest BCUT2D eigenvalue weighted by atomic mass is 10.3. The summed E-state index contributed by atoms with van der Waals surface area (Å²) >= 11 is 0. The van der Waals surface area contributed by atoms with Crippen LogP contribution in [0, 0.1) is 6.92 Å². The van der Waals surface area contributed by atoms with Crippen LogP contribution in [-0.2, 0) is 0 Å². The van der Waals surface area contributed by atoms with Crippen molar-refractivity contribution in [2.24, 2.45) is 0 Å². The summed E-state index contributed by atoms with van der Waals surface area (Å²) in [7, 11) is 0. The molecule has 0 aromatic carbocycles. The molecule has 3 rings (SSSR count). The number of hydrogen-bond acceptors (Lipinski definition) is 5. The molecule has 1 aliphatic heterocycles. The van der Waals surface area contributed by atoms with E-state index in [1.807, 2.05) is 6.92 Å². The number of likely N-dealkylation sites (tertiary alicyclic amines) is 1. The van der Waals surface area contributed by atoms with Gasteiger partial charge in [0.05, 0.1) is 0 Å². The third-order valence-electron chi connectivity index (χ3n) is 3.14. The molecule has 2 aliphatic rings. The summed E-state index contributed by atoms with van der Waals surface area (Å²) in [5, 5.41) is 7.06. The number of hydrogen-bond donors (Lipinski definition) is 1. The number of nitrogens with zero attached hydrogens (tertiary/aromatic N) is 3. The van der Waals surface area contributed by atoms with Gasteiger partial charge in [0.15, 0.2) is 5.82 Å². The summed E-state index contributed by atoms with van der Waals surface area (Å²) < 4.78 is 5.05. The molecule has 1 saturated heterocycles. The summed E-state index contributed by atoms with van der Waals surface area (Å²) in [6.45, 7) is 4.15. The van der Waals surface area contributed by atoms with Crippen LogP contribution < -0.4 is 5.32 Å². The van der Waals surface area contributed by atoms with Crippen molar-refractivity contribution in [3.05, 3.63) is 5.82 Å². The molecular formula is C10H16N4O. The van der Waals surface area contributed by atoms with Crippen molar-refractivity contribution in [1.82, 2.24) is 15.0 Å². The minimum atomic E-state index is 0.477. The normalized spacial score (nSPS) is 27.1. The average molecular weight is 208 g/mol. The average Bonchev–Trinajstić information content (AvgIpc) is 2.84. The predicted molar refractivity (Wildman–Crippen MR) is 55.7 cm³/mol. The Morgan fingerprint density at radius 1 is 1.40 bits per heavy atom. The maximum atomic E-state index is 5.05. The molecule has 5 nitrogen and oxygen atoms in total. The largest absolute Gasteiger partial charge is 0.334 e. The second-order valence-corrected chi connectivity index (χ2v) is 4.50. The Kier molecular flexibility index (Phi) is 2.12. The predicted octanol–water partition coefficient (Wildman–Crippen LogP) is 1.03. The van der Waals surface area contributed by atoms with Crippen LogP contribution in [0.15, 0.2) is 4.52 Å². The van der Waals surface area contributed by atoms with Crippen LogP contribution in [0.4, 0.5) is 6.01 Å². The summed E-state index contributed by atoms with van der Waals surface area (Å²) in [5.74, 6) is 0.689. The maximum Gasteiger partial charge on any atom is 0.321 e. The van der Waals surface area contributed by atoms with Crippen LogP contribution in [0.1, 0.15) is 25.1 Å². The van der Waals surface area contributed by atoms with Gasteiger partial charge in [-0.1, -0.05) is 5.16 Å². The van der Waals surface area contributed by atoms with Crippen LogP contribution in [0.2, 0.25) is 0 Å². The van der Waals surface area contributed by atoms with E-state index in [2.05, 4.69) is 20.4 Å². The van der Waals surface area contributed by atoms with E-state index in [4.69, 9.17) is 4.52 Å². The first kappa shape index (κ1) is 9.15. The van der Waals surface area contributed by atoms with Gasteiger partial charge in [0.25, 0.3) is 0 Å². The molecule has 1 aromatic heterocycles. The lowest BCUT2D eigenvalue weighted by Gasteiger charge is -2.14. The van der Waals surface area contributed by atoms with E-state index >= 15 is 0 Å². The summed E-state index contributed by atoms with van der Waals surface area (Å²) in [6, 6.07) is 1.90. The lowest BCUT2D eigenvalue weighted by molar-refractivity contribution is 0.325. The second kappa shape index (κ2) is 3.48. The monoisotopic (exact) mass is 208 g/mol. The Hall–Kier alpha value is -1.10. The van der Waals surface area contributed by atoms with Gasteiger partial charge in [-0.15, -0.1) is 0 Å². The zero-order valence-electron chi connectivity index (χ0n) is 8.94. The van der Waals surface area contributed by atoms with E-state index in [0.29, 0.717) is 17.9 Å². The van der Waals surface area contributed by atoms with Gasteiger partial charge in [0.2, 0.25) is 0 Å². The number of nitrogens with one attached hydrogen (secondary N) is 1. The van der Waals surface area contributed by atoms with Crippen LogP contribution in [-0.4, -0.2) is 40.2 Å². The van der Waals surface area contributed by atoms with Gasteiger partial charge in [-0.05, 0) is 26.2 Å². The Morgan fingerprint density at radius 2 is 2.27 bits per heavy atom. The van der Waals surface area contributed by atoms with Crippen LogP contribution >= 0.6 is 0 Å². The summed E-state index contributed by atoms with van der Waals surface area (Å²) in [4.78, 5) is 6.71. The van der Waals surface area contributed by atoms with Crippen LogP contribution in [0.3, 0.4) is 0 Å². The SMILES string of the molecule is Cc1noc(NC2CCN(C3CC3)C2)n1. The third-order valence-corrected chi connectivity index (χ3v) is 3.14. The summed E-state index contributed by atoms with van der Waals surface area (Å²) in [5.41, 5.74) is 0. The number of anilines is 1. The van der Waals surface area contributed by atoms with E-state index in [1.54, 1.807) is 0 Å². The molecule has 0 bridgehead atoms. The first-order chi connectivity index (χ1) is 7.31. The van der Waals surface area contributed by atoms with Gasteiger partial charge in [0.1, 0.15) is 0 Å². The molecule has 2 fully saturated rings. The van der Waals surface area contributed by atoms with Crippen molar-refractivity contribution in [2.75, 3.05) is 18.4 Å². The molecule has 1 aliphatic carbocycles. The minimum Gasteiger partial charge on any atom is -0.334 e. The number of aryl methyl sites for hydroxylation is 1. The topological polar surface area (TPSA) is 54.2 Å². The summed E-state index contributed by atoms with van der Waals surface area (Å²) in [6.07, 6.45) is 3.94. The van der Waals surface area contributed by atoms with E-state index in [0.717, 1.165) is 12.6 Å². The Balaban J connectivity index is 1.56. The third kappa shape index (κ3) is 1.97. The van der Waals surface area contributed by atoms with Crippen LogP contribution in [0.25, 0.3) is 0 Å². The van der Waals surface area contributed by atoms with Crippen molar-refractivity contribution in [2.45, 2.75) is 38.3 Å². The smallest absolute Gasteiger partial charge is 0.321 e. The molecule has 1 aromatic rings. The van der Waals surface area contributed by atoms with Crippen molar-refractivity contribution in [3.8, 4) is 0 Å². The first-order valence-corrected chi connectivity index (χ1v) is 5.62. The van der Waals surface area contributed by atoms with Gasteiger partial charge in [-0.2, -0.15) is 4.98 Å². The zero-order chi connectivity index (χ0) is 10.3. The highest BCUT2D eigenvalue weighted by atomic mass is 16.5. The maximum absolute atomic E-state index is 5.05. The van der Waals surface area contributed by atoms with Gasteiger partial charge in [-0.25, -0.2) is 0 Å². The molecule has 15 heavy (non-hydrogen) atoms. The molecular weight excluding hydrogens is 192 g/mol. The Morgan fingerprint density at radius 3 is 2.93 bits per heavy atom. The minimum absolute atomic E-state index is 0.477. The lowest BCUT2D eigenvalue weighted by Crippen LogP contribution is -2.27. The highest BCUT2D eigenvalue weighted by Gasteiger charge is 2.34. The second-order valence-electron chi connectivity index (χ2n) is 4.50. The molecule has 0 spiro atoms. The molecule has 1 N–H and O–H groups in total. The Bertz CT molecular complexity index is 347. The fourth-order valence-corrected chi connectivity index (χ4v) is 2.21. The van der Waals surface area contributed by atoms with Crippen LogP contribution in [0.5, 0.6) is 0 Å². The van der Waals surface area contributed by atoms with E-state index in [1.165, 1.54) is 25.8 Å². The van der Waals surface area contributed by atoms with Gasteiger partial charge < -0.3 is 9.84 Å². The van der Waals surface area contributed by atoms with Crippen molar-refractivity contribution < 1.29 is 4.52 Å². The highest BCUT2D eigenvalue weighted by Crippen LogP contribution is 2.30.